The molecule has 14 rings (SSSR count). The van der Waals surface area contributed by atoms with Crippen molar-refractivity contribution in [3.8, 4) is 34.0 Å². The minimum Gasteiger partial charge on any atom is -0.489 e. The monoisotopic (exact) mass is 1230 g/mol. The third kappa shape index (κ3) is 10.0. The number of thiophene rings is 2. The molecule has 21 heteroatoms. The van der Waals surface area contributed by atoms with E-state index in [-0.39, 0.29) is 36.1 Å². The van der Waals surface area contributed by atoms with Gasteiger partial charge in [-0.25, -0.2) is 9.59 Å². The Hall–Kier alpha value is -6.18. The summed E-state index contributed by atoms with van der Waals surface area (Å²) in [6, 6.07) is 28.6. The molecule has 6 aliphatic rings. The molecular formula is C57H45BrCl4N4O10S2. The second-order valence-corrected chi connectivity index (χ2v) is 24.7. The van der Waals surface area contributed by atoms with E-state index in [4.69, 9.17) is 70.0 Å². The number of halogens is 5. The molecule has 400 valence electrons. The van der Waals surface area contributed by atoms with Gasteiger partial charge in [0.15, 0.2) is 0 Å². The van der Waals surface area contributed by atoms with Crippen LogP contribution in [0.2, 0.25) is 20.1 Å². The van der Waals surface area contributed by atoms with Gasteiger partial charge in [0.25, 0.3) is 0 Å². The van der Waals surface area contributed by atoms with Crippen molar-refractivity contribution in [1.29, 1.82) is 0 Å². The summed E-state index contributed by atoms with van der Waals surface area (Å²) in [5.41, 5.74) is 6.87. The zero-order chi connectivity index (χ0) is 53.5. The molecule has 0 atom stereocenters. The second kappa shape index (κ2) is 21.1. The fourth-order valence-electron chi connectivity index (χ4n) is 9.95. The fourth-order valence-corrected chi connectivity index (χ4v) is 13.2. The predicted molar refractivity (Wildman–Crippen MR) is 304 cm³/mol. The van der Waals surface area contributed by atoms with Crippen LogP contribution in [-0.4, -0.2) is 44.3 Å². The smallest absolute Gasteiger partial charge is 0.345 e. The number of nitrogens with zero attached hydrogens (tertiary/aromatic N) is 3. The maximum Gasteiger partial charge on any atom is 0.345 e. The Morgan fingerprint density at radius 2 is 1.15 bits per heavy atom. The van der Waals surface area contributed by atoms with Crippen LogP contribution in [0.4, 0.5) is 16.4 Å². The summed E-state index contributed by atoms with van der Waals surface area (Å²) in [6.45, 7) is 0.502. The summed E-state index contributed by atoms with van der Waals surface area (Å²) >= 11 is 31.3. The molecule has 4 aliphatic carbocycles. The van der Waals surface area contributed by atoms with Crippen molar-refractivity contribution in [2.24, 2.45) is 0 Å². The van der Waals surface area contributed by atoms with Gasteiger partial charge in [-0.15, -0.1) is 22.7 Å². The molecule has 2 aliphatic heterocycles. The lowest BCUT2D eigenvalue weighted by Gasteiger charge is -2.16. The van der Waals surface area contributed by atoms with Gasteiger partial charge in [0.05, 0.1) is 51.5 Å². The molecule has 6 heterocycles. The number of carboxylic acid groups (broad SMARTS) is 2. The van der Waals surface area contributed by atoms with E-state index in [2.05, 4.69) is 31.6 Å². The summed E-state index contributed by atoms with van der Waals surface area (Å²) in [5, 5.41) is 32.0. The number of nitrogens with one attached hydrogen (secondary N) is 1. The number of carboxylic acids is 2. The van der Waals surface area contributed by atoms with Crippen LogP contribution in [0, 0.1) is 0 Å². The third-order valence-electron chi connectivity index (χ3n) is 14.5. The Morgan fingerprint density at radius 1 is 0.667 bits per heavy atom. The first-order chi connectivity index (χ1) is 37.1. The summed E-state index contributed by atoms with van der Waals surface area (Å²) in [7, 11) is 0. The highest BCUT2D eigenvalue weighted by atomic mass is 79.9. The van der Waals surface area contributed by atoms with Crippen LogP contribution in [0.5, 0.6) is 11.5 Å². The Bertz CT molecular complexity index is 3680. The first kappa shape index (κ1) is 53.8. The Kier molecular flexibility index (Phi) is 14.6. The van der Waals surface area contributed by atoms with Crippen LogP contribution in [0.1, 0.15) is 124 Å². The average molecular weight is 1230 g/mol. The van der Waals surface area contributed by atoms with Crippen LogP contribution >= 0.6 is 85.0 Å². The summed E-state index contributed by atoms with van der Waals surface area (Å²) < 4.78 is 24.7. The number of aromatic nitrogens is 2. The van der Waals surface area contributed by atoms with Crippen molar-refractivity contribution in [2.75, 3.05) is 10.2 Å². The molecule has 3 N–H and O–H groups in total. The maximum absolute atomic E-state index is 13.5. The molecule has 0 bridgehead atoms. The van der Waals surface area contributed by atoms with E-state index in [0.717, 1.165) is 117 Å². The lowest BCUT2D eigenvalue weighted by atomic mass is 9.98. The van der Waals surface area contributed by atoms with Gasteiger partial charge in [0, 0.05) is 28.7 Å². The standard InChI is InChI=1S/C28H20Cl2N2O5S.C23H18Cl2N2O3.C5H3BrO2S.CH4/c29-18-2-1-3-19(30)23(18)24-16(25(37-31-24)14-4-5-14)13-36-15-6-7-20-17(12-15)28(10-11-28)27(35)32(20)22-9-8-21(38-22)26(33)34;24-16-2-1-3-17(25)19(16)20-14(21(30-27-20)12-4-5-12)11-29-13-6-7-18-15(10-13)23(8-9-23)22(28)26-18;6-4-2-1-3(9-4)5(7)8;/h1-3,6-9,12,14H,4-5,10-11,13H2,(H,33,34);1-3,6-7,10,12H,4-5,8-9,11H2,(H,26,28);1-2H,(H,7,8);1H4. The Labute approximate surface area is 483 Å². The van der Waals surface area contributed by atoms with Crippen LogP contribution in [-0.2, 0) is 33.6 Å². The molecule has 8 aromatic rings. The minimum atomic E-state index is -1.00. The topological polar surface area (TPSA) is 195 Å². The quantitative estimate of drug-likeness (QED) is 0.0990. The van der Waals surface area contributed by atoms with Gasteiger partial charge in [-0.2, -0.15) is 0 Å². The second-order valence-electron chi connectivity index (χ2n) is 19.6. The van der Waals surface area contributed by atoms with Crippen LogP contribution in [0.3, 0.4) is 0 Å². The molecule has 0 unspecified atom stereocenters. The number of amides is 2. The van der Waals surface area contributed by atoms with Crippen LogP contribution < -0.4 is 19.7 Å². The van der Waals surface area contributed by atoms with Crippen LogP contribution in [0.25, 0.3) is 22.5 Å². The van der Waals surface area contributed by atoms with Gasteiger partial charge in [-0.1, -0.05) is 76.3 Å². The SMILES string of the molecule is C.O=C(O)c1ccc(Br)s1.O=C(O)c1ccc(N2C(=O)C3(CC3)c3cc(OCc4c(-c5c(Cl)cccc5Cl)noc4C4CC4)ccc32)s1.O=C1Nc2ccc(OCc3c(-c4c(Cl)cccc4Cl)noc3C3CC3)cc2C12CC2. The summed E-state index contributed by atoms with van der Waals surface area (Å²) in [4.78, 5) is 49.5. The first-order valence-electron chi connectivity index (χ1n) is 24.5. The van der Waals surface area contributed by atoms with E-state index in [1.54, 1.807) is 59.5 Å². The minimum absolute atomic E-state index is 0. The van der Waals surface area contributed by atoms with Crippen molar-refractivity contribution < 1.29 is 47.9 Å². The Morgan fingerprint density at radius 3 is 1.60 bits per heavy atom. The highest BCUT2D eigenvalue weighted by molar-refractivity contribution is 9.11. The zero-order valence-electron chi connectivity index (χ0n) is 40.2. The van der Waals surface area contributed by atoms with Crippen molar-refractivity contribution in [1.82, 2.24) is 10.3 Å². The van der Waals surface area contributed by atoms with Crippen LogP contribution in [0.15, 0.2) is 110 Å². The molecule has 4 saturated carbocycles. The molecule has 2 spiro atoms. The third-order valence-corrected chi connectivity index (χ3v) is 18.5. The van der Waals surface area contributed by atoms with Gasteiger partial charge in [-0.3, -0.25) is 14.5 Å². The van der Waals surface area contributed by atoms with Gasteiger partial charge in [-0.05, 0) is 163 Å². The number of aromatic carboxylic acids is 2. The summed E-state index contributed by atoms with van der Waals surface area (Å²) in [6.07, 6.45) is 7.50. The lowest BCUT2D eigenvalue weighted by molar-refractivity contribution is -0.119. The molecular weight excluding hydrogens is 1190 g/mol. The first-order valence-corrected chi connectivity index (χ1v) is 28.5. The van der Waals surface area contributed by atoms with E-state index in [1.807, 2.05) is 36.4 Å². The number of hydrogen-bond acceptors (Lipinski definition) is 12. The van der Waals surface area contributed by atoms with E-state index >= 15 is 0 Å². The molecule has 0 saturated heterocycles. The number of benzene rings is 4. The number of ether oxygens (including phenoxy) is 2. The highest BCUT2D eigenvalue weighted by Gasteiger charge is 2.60. The highest BCUT2D eigenvalue weighted by Crippen LogP contribution is 2.61. The number of anilines is 3. The number of fused-ring (bicyclic) bond motifs is 4. The average Bonchev–Trinajstić information content (AvgIpc) is 4.52. The van der Waals surface area contributed by atoms with Crippen molar-refractivity contribution in [3.05, 3.63) is 164 Å². The van der Waals surface area contributed by atoms with Crippen molar-refractivity contribution in [2.45, 2.75) is 94.7 Å². The van der Waals surface area contributed by atoms with Gasteiger partial charge < -0.3 is 34.0 Å². The summed E-state index contributed by atoms with van der Waals surface area (Å²) in [5.74, 6) is 1.86. The normalized spacial score (nSPS) is 16.6. The van der Waals surface area contributed by atoms with E-state index in [9.17, 15) is 24.3 Å². The van der Waals surface area contributed by atoms with Gasteiger partial charge in [0.2, 0.25) is 11.8 Å². The Balaban J connectivity index is 0.000000144. The zero-order valence-corrected chi connectivity index (χ0v) is 46.4. The number of hydrogen-bond donors (Lipinski definition) is 3. The number of rotatable bonds is 13. The van der Waals surface area contributed by atoms with E-state index < -0.39 is 17.4 Å². The van der Waals surface area contributed by atoms with E-state index in [0.29, 0.717) is 76.7 Å². The van der Waals surface area contributed by atoms with Crippen molar-refractivity contribution >= 4 is 125 Å². The molecule has 4 fully saturated rings. The predicted octanol–water partition coefficient (Wildman–Crippen LogP) is 16.5. The van der Waals surface area contributed by atoms with E-state index in [1.165, 1.54) is 17.4 Å². The molecule has 0 radical (unpaired) electrons. The molecule has 4 aromatic heterocycles. The molecule has 2 amide bonds. The van der Waals surface area contributed by atoms with Gasteiger partial charge >= 0.3 is 11.9 Å². The molecule has 14 nitrogen and oxygen atoms in total. The largest absolute Gasteiger partial charge is 0.489 e. The van der Waals surface area contributed by atoms with Crippen molar-refractivity contribution in [3.63, 3.8) is 0 Å². The lowest BCUT2D eigenvalue weighted by Crippen LogP contribution is -2.27. The van der Waals surface area contributed by atoms with Gasteiger partial charge in [0.1, 0.15) is 62.4 Å². The maximum atomic E-state index is 13.5. The molecule has 4 aromatic carbocycles. The fraction of sp³-hybridized carbons (Fsp3) is 0.263. The molecule has 78 heavy (non-hydrogen) atoms. The number of carbonyl (C=O) groups is 4. The number of carbonyl (C=O) groups excluding carboxylic acids is 2.